The van der Waals surface area contributed by atoms with Crippen LogP contribution >= 0.6 is 0 Å². The molecule has 0 spiro atoms. The topological polar surface area (TPSA) is 105 Å². The van der Waals surface area contributed by atoms with Crippen molar-refractivity contribution in [2.24, 2.45) is 5.92 Å². The smallest absolute Gasteiger partial charge is 0.227 e. The zero-order valence-electron chi connectivity index (χ0n) is 8.51. The van der Waals surface area contributed by atoms with E-state index in [9.17, 15) is 13.2 Å². The highest BCUT2D eigenvalue weighted by Gasteiger charge is 2.29. The Morgan fingerprint density at radius 3 is 3.00 bits per heavy atom. The second kappa shape index (κ2) is 4.20. The molecule has 1 aromatic heterocycles. The maximum absolute atomic E-state index is 11.5. The minimum absolute atomic E-state index is 0.0760. The molecule has 2 rings (SSSR count). The number of carbonyl (C=O) groups excluding carboxylic acids is 1. The molecule has 7 nitrogen and oxygen atoms in total. The maximum Gasteiger partial charge on any atom is 0.227 e. The summed E-state index contributed by atoms with van der Waals surface area (Å²) < 4.78 is 22.4. The third-order valence-corrected chi connectivity index (χ3v) is 4.31. The second-order valence-electron chi connectivity index (χ2n) is 3.86. The van der Waals surface area contributed by atoms with E-state index in [-0.39, 0.29) is 35.7 Å². The van der Waals surface area contributed by atoms with Crippen LogP contribution in [0, 0.1) is 5.92 Å². The summed E-state index contributed by atoms with van der Waals surface area (Å²) in [5.74, 6) is 0.266. The average Bonchev–Trinajstić information content (AvgIpc) is 2.76. The molecule has 1 aromatic rings. The fourth-order valence-electron chi connectivity index (χ4n) is 1.74. The van der Waals surface area contributed by atoms with Crippen molar-refractivity contribution in [3.05, 3.63) is 6.33 Å². The summed E-state index contributed by atoms with van der Waals surface area (Å²) in [4.78, 5) is 15.2. The van der Waals surface area contributed by atoms with Crippen molar-refractivity contribution in [3.8, 4) is 0 Å². The standard InChI is InChI=1S/C8H12N4O3S/c13-7(11-8-9-5-10-12-8)3-6-1-2-16(14,15)4-6/h5-6H,1-4H2,(H2,9,10,11,12,13)/t6-/m1/s1. The van der Waals surface area contributed by atoms with Gasteiger partial charge in [-0.05, 0) is 12.3 Å². The molecule has 16 heavy (non-hydrogen) atoms. The number of H-pyrrole nitrogens is 1. The van der Waals surface area contributed by atoms with Crippen LogP contribution in [0.1, 0.15) is 12.8 Å². The van der Waals surface area contributed by atoms with E-state index < -0.39 is 9.84 Å². The lowest BCUT2D eigenvalue weighted by atomic mass is 10.1. The molecule has 1 aliphatic heterocycles. The fraction of sp³-hybridized carbons (Fsp3) is 0.625. The van der Waals surface area contributed by atoms with Gasteiger partial charge in [-0.15, -0.1) is 0 Å². The van der Waals surface area contributed by atoms with E-state index in [1.54, 1.807) is 0 Å². The average molecular weight is 244 g/mol. The molecule has 1 fully saturated rings. The van der Waals surface area contributed by atoms with E-state index in [4.69, 9.17) is 0 Å². The van der Waals surface area contributed by atoms with Gasteiger partial charge in [0, 0.05) is 6.42 Å². The highest BCUT2D eigenvalue weighted by Crippen LogP contribution is 2.21. The second-order valence-corrected chi connectivity index (χ2v) is 6.08. The Hall–Kier alpha value is -1.44. The normalized spacial score (nSPS) is 23.1. The highest BCUT2D eigenvalue weighted by molar-refractivity contribution is 7.91. The van der Waals surface area contributed by atoms with E-state index in [1.165, 1.54) is 6.33 Å². The van der Waals surface area contributed by atoms with Crippen LogP contribution in [0.15, 0.2) is 6.33 Å². The fourth-order valence-corrected chi connectivity index (χ4v) is 3.61. The molecule has 1 saturated heterocycles. The van der Waals surface area contributed by atoms with Crippen LogP contribution in [0.4, 0.5) is 5.95 Å². The van der Waals surface area contributed by atoms with E-state index in [0.717, 1.165) is 0 Å². The molecule has 8 heteroatoms. The highest BCUT2D eigenvalue weighted by atomic mass is 32.2. The van der Waals surface area contributed by atoms with E-state index in [1.807, 2.05) is 0 Å². The summed E-state index contributed by atoms with van der Waals surface area (Å²) in [6.07, 6.45) is 2.06. The number of aromatic amines is 1. The van der Waals surface area contributed by atoms with Crippen LogP contribution in [-0.4, -0.2) is 41.0 Å². The van der Waals surface area contributed by atoms with Gasteiger partial charge in [-0.2, -0.15) is 10.1 Å². The minimum atomic E-state index is -2.92. The molecule has 88 valence electrons. The lowest BCUT2D eigenvalue weighted by Crippen LogP contribution is -2.18. The van der Waals surface area contributed by atoms with Gasteiger partial charge in [-0.25, -0.2) is 13.5 Å². The molecular formula is C8H12N4O3S. The molecule has 1 atom stereocenters. The Morgan fingerprint density at radius 2 is 2.44 bits per heavy atom. The number of carbonyl (C=O) groups is 1. The number of sulfone groups is 1. The monoisotopic (exact) mass is 244 g/mol. The summed E-state index contributed by atoms with van der Waals surface area (Å²) >= 11 is 0. The molecule has 0 saturated carbocycles. The summed E-state index contributed by atoms with van der Waals surface area (Å²) in [7, 11) is -2.92. The van der Waals surface area contributed by atoms with Crippen LogP contribution in [0.3, 0.4) is 0 Å². The maximum atomic E-state index is 11.5. The molecule has 0 unspecified atom stereocenters. The predicted molar refractivity (Wildman–Crippen MR) is 56.4 cm³/mol. The first kappa shape index (κ1) is 11.1. The van der Waals surface area contributed by atoms with Gasteiger partial charge in [0.1, 0.15) is 6.33 Å². The number of hydrogen-bond acceptors (Lipinski definition) is 5. The molecule has 0 bridgehead atoms. The quantitative estimate of drug-likeness (QED) is 0.750. The molecular weight excluding hydrogens is 232 g/mol. The first-order valence-corrected chi connectivity index (χ1v) is 6.73. The Morgan fingerprint density at radius 1 is 1.62 bits per heavy atom. The van der Waals surface area contributed by atoms with Gasteiger partial charge in [-0.1, -0.05) is 0 Å². The Balaban J connectivity index is 1.85. The number of nitrogens with one attached hydrogen (secondary N) is 2. The Bertz CT molecular complexity index is 467. The molecule has 1 aliphatic rings. The molecule has 0 radical (unpaired) electrons. The number of aromatic nitrogens is 3. The number of anilines is 1. The van der Waals surface area contributed by atoms with Crippen LogP contribution in [0.5, 0.6) is 0 Å². The SMILES string of the molecule is O=C(C[C@H]1CCS(=O)(=O)C1)Nc1ncn[nH]1. The first-order chi connectivity index (χ1) is 7.55. The number of amides is 1. The molecule has 1 amide bonds. The zero-order chi connectivity index (χ0) is 11.6. The number of nitrogens with zero attached hydrogens (tertiary/aromatic N) is 2. The van der Waals surface area contributed by atoms with Crippen molar-refractivity contribution in [1.29, 1.82) is 0 Å². The van der Waals surface area contributed by atoms with E-state index in [2.05, 4.69) is 20.5 Å². The van der Waals surface area contributed by atoms with Crippen LogP contribution in [0.25, 0.3) is 0 Å². The molecule has 2 N–H and O–H groups in total. The van der Waals surface area contributed by atoms with Crippen LogP contribution in [-0.2, 0) is 14.6 Å². The number of hydrogen-bond donors (Lipinski definition) is 2. The van der Waals surface area contributed by atoms with Gasteiger partial charge < -0.3 is 0 Å². The van der Waals surface area contributed by atoms with Crippen molar-refractivity contribution in [1.82, 2.24) is 15.2 Å². The number of rotatable bonds is 3. The van der Waals surface area contributed by atoms with Crippen molar-refractivity contribution < 1.29 is 13.2 Å². The van der Waals surface area contributed by atoms with Crippen LogP contribution in [0.2, 0.25) is 0 Å². The summed E-state index contributed by atoms with van der Waals surface area (Å²) in [5, 5.41) is 8.59. The molecule has 0 aliphatic carbocycles. The Kier molecular flexibility index (Phi) is 2.90. The van der Waals surface area contributed by atoms with Gasteiger partial charge in [-0.3, -0.25) is 10.1 Å². The van der Waals surface area contributed by atoms with E-state index in [0.29, 0.717) is 6.42 Å². The summed E-state index contributed by atoms with van der Waals surface area (Å²) in [5.41, 5.74) is 0. The minimum Gasteiger partial charge on any atom is -0.295 e. The molecule has 2 heterocycles. The lowest BCUT2D eigenvalue weighted by molar-refractivity contribution is -0.116. The molecule has 0 aromatic carbocycles. The summed E-state index contributed by atoms with van der Waals surface area (Å²) in [6.45, 7) is 0. The third kappa shape index (κ3) is 2.78. The van der Waals surface area contributed by atoms with Gasteiger partial charge in [0.05, 0.1) is 11.5 Å². The zero-order valence-corrected chi connectivity index (χ0v) is 9.33. The first-order valence-electron chi connectivity index (χ1n) is 4.91. The summed E-state index contributed by atoms with van der Waals surface area (Å²) in [6, 6.07) is 0. The van der Waals surface area contributed by atoms with Crippen molar-refractivity contribution in [2.75, 3.05) is 16.8 Å². The predicted octanol–water partition coefficient (Wildman–Crippen LogP) is -0.432. The van der Waals surface area contributed by atoms with Crippen molar-refractivity contribution in [3.63, 3.8) is 0 Å². The van der Waals surface area contributed by atoms with E-state index >= 15 is 0 Å². The van der Waals surface area contributed by atoms with Gasteiger partial charge in [0.2, 0.25) is 11.9 Å². The largest absolute Gasteiger partial charge is 0.295 e. The third-order valence-electron chi connectivity index (χ3n) is 2.47. The lowest BCUT2D eigenvalue weighted by Gasteiger charge is -2.06. The van der Waals surface area contributed by atoms with Gasteiger partial charge in [0.25, 0.3) is 0 Å². The Labute approximate surface area is 92.6 Å². The van der Waals surface area contributed by atoms with Crippen LogP contribution < -0.4 is 5.32 Å². The van der Waals surface area contributed by atoms with Crippen molar-refractivity contribution >= 4 is 21.7 Å². The van der Waals surface area contributed by atoms with Gasteiger partial charge >= 0.3 is 0 Å². The van der Waals surface area contributed by atoms with Crippen molar-refractivity contribution in [2.45, 2.75) is 12.8 Å². The van der Waals surface area contributed by atoms with Gasteiger partial charge in [0.15, 0.2) is 9.84 Å².